The van der Waals surface area contributed by atoms with Crippen molar-refractivity contribution in [1.82, 2.24) is 19.6 Å². The minimum Gasteiger partial charge on any atom is -0.269 e. The Balaban J connectivity index is 1.83. The van der Waals surface area contributed by atoms with Crippen molar-refractivity contribution in [2.75, 3.05) is 4.72 Å². The molecule has 0 fully saturated rings. The van der Waals surface area contributed by atoms with Crippen LogP contribution in [0.2, 0.25) is 10.0 Å². The summed E-state index contributed by atoms with van der Waals surface area (Å²) in [5.41, 5.74) is 1.45. The summed E-state index contributed by atoms with van der Waals surface area (Å²) in [6.45, 7) is 4.60. The third-order valence-electron chi connectivity index (χ3n) is 3.92. The van der Waals surface area contributed by atoms with Crippen LogP contribution in [0, 0.1) is 6.92 Å². The molecule has 2 aromatic heterocycles. The molecule has 0 aliphatic heterocycles. The van der Waals surface area contributed by atoms with Gasteiger partial charge >= 0.3 is 0 Å². The second kappa shape index (κ2) is 7.83. The molecule has 3 rings (SSSR count). The number of nitrogens with one attached hydrogen (secondary N) is 1. The Labute approximate surface area is 175 Å². The molecule has 3 aromatic rings. The molecule has 0 radical (unpaired) electrons. The second-order valence-electron chi connectivity index (χ2n) is 5.79. The van der Waals surface area contributed by atoms with E-state index in [0.29, 0.717) is 33.3 Å². The fourth-order valence-electron chi connectivity index (χ4n) is 2.57. The lowest BCUT2D eigenvalue weighted by atomic mass is 10.2. The SMILES string of the molecule is CCn1ncc(S(=O)(=O)Nc2nn(Cc3ccc(Cl)c(Cl)c3)cc2Br)c1C. The Morgan fingerprint density at radius 2 is 2.00 bits per heavy atom. The Morgan fingerprint density at radius 3 is 2.63 bits per heavy atom. The topological polar surface area (TPSA) is 81.8 Å². The predicted molar refractivity (Wildman–Crippen MR) is 109 cm³/mol. The fraction of sp³-hybridized carbons (Fsp3) is 0.250. The van der Waals surface area contributed by atoms with Crippen LogP contribution in [0.3, 0.4) is 0 Å². The molecule has 0 spiro atoms. The summed E-state index contributed by atoms with van der Waals surface area (Å²) in [4.78, 5) is 0.121. The first-order valence-electron chi connectivity index (χ1n) is 7.93. The van der Waals surface area contributed by atoms with Crippen LogP contribution in [-0.4, -0.2) is 28.0 Å². The van der Waals surface area contributed by atoms with Crippen LogP contribution in [0.4, 0.5) is 5.82 Å². The molecule has 0 bridgehead atoms. The van der Waals surface area contributed by atoms with Crippen molar-refractivity contribution in [2.45, 2.75) is 31.8 Å². The highest BCUT2D eigenvalue weighted by Gasteiger charge is 2.23. The van der Waals surface area contributed by atoms with E-state index in [9.17, 15) is 8.42 Å². The molecule has 0 unspecified atom stereocenters. The molecule has 7 nitrogen and oxygen atoms in total. The van der Waals surface area contributed by atoms with E-state index in [-0.39, 0.29) is 10.7 Å². The summed E-state index contributed by atoms with van der Waals surface area (Å²) in [5.74, 6) is 0.193. The van der Waals surface area contributed by atoms with Crippen molar-refractivity contribution >= 4 is 55.0 Å². The number of aromatic nitrogens is 4. The van der Waals surface area contributed by atoms with E-state index in [0.717, 1.165) is 5.56 Å². The number of anilines is 1. The summed E-state index contributed by atoms with van der Waals surface area (Å²) in [7, 11) is -3.81. The minimum absolute atomic E-state index is 0.121. The molecule has 0 saturated carbocycles. The monoisotopic (exact) mass is 491 g/mol. The normalized spacial score (nSPS) is 11.7. The van der Waals surface area contributed by atoms with E-state index >= 15 is 0 Å². The number of hydrogen-bond acceptors (Lipinski definition) is 4. The van der Waals surface area contributed by atoms with Gasteiger partial charge in [0.05, 0.1) is 33.0 Å². The number of aryl methyl sites for hydroxylation is 1. The number of nitrogens with zero attached hydrogens (tertiary/aromatic N) is 4. The van der Waals surface area contributed by atoms with Crippen LogP contribution in [-0.2, 0) is 23.1 Å². The Kier molecular flexibility index (Phi) is 5.85. The highest BCUT2D eigenvalue weighted by molar-refractivity contribution is 9.10. The predicted octanol–water partition coefficient (Wildman–Crippen LogP) is 4.33. The van der Waals surface area contributed by atoms with Gasteiger partial charge in [-0.15, -0.1) is 0 Å². The van der Waals surface area contributed by atoms with Crippen molar-refractivity contribution in [3.63, 3.8) is 0 Å². The average molecular weight is 493 g/mol. The quantitative estimate of drug-likeness (QED) is 0.555. The second-order valence-corrected chi connectivity index (χ2v) is 9.11. The van der Waals surface area contributed by atoms with E-state index < -0.39 is 10.0 Å². The van der Waals surface area contributed by atoms with E-state index in [1.807, 2.05) is 13.0 Å². The van der Waals surface area contributed by atoms with Crippen LogP contribution in [0.5, 0.6) is 0 Å². The zero-order chi connectivity index (χ0) is 19.8. The van der Waals surface area contributed by atoms with Gasteiger partial charge in [-0.3, -0.25) is 14.1 Å². The van der Waals surface area contributed by atoms with Gasteiger partial charge in [-0.25, -0.2) is 8.42 Å². The molecule has 27 heavy (non-hydrogen) atoms. The number of halogens is 3. The van der Waals surface area contributed by atoms with Crippen molar-refractivity contribution < 1.29 is 8.42 Å². The number of rotatable bonds is 6. The molecular formula is C16H16BrCl2N5O2S. The van der Waals surface area contributed by atoms with Crippen LogP contribution in [0.15, 0.2) is 40.0 Å². The smallest absolute Gasteiger partial charge is 0.266 e. The van der Waals surface area contributed by atoms with Gasteiger partial charge in [0.1, 0.15) is 4.90 Å². The Bertz CT molecular complexity index is 1090. The van der Waals surface area contributed by atoms with Crippen molar-refractivity contribution in [3.8, 4) is 0 Å². The van der Waals surface area contributed by atoms with Gasteiger partial charge in [-0.2, -0.15) is 10.2 Å². The lowest BCUT2D eigenvalue weighted by Gasteiger charge is -2.06. The summed E-state index contributed by atoms with van der Waals surface area (Å²) >= 11 is 15.3. The van der Waals surface area contributed by atoms with Crippen molar-refractivity contribution in [3.05, 3.63) is 56.4 Å². The zero-order valence-corrected chi connectivity index (χ0v) is 18.4. The molecule has 0 atom stereocenters. The highest BCUT2D eigenvalue weighted by Crippen LogP contribution is 2.26. The maximum Gasteiger partial charge on any atom is 0.266 e. The molecule has 1 N–H and O–H groups in total. The largest absolute Gasteiger partial charge is 0.269 e. The Morgan fingerprint density at radius 1 is 1.26 bits per heavy atom. The number of hydrogen-bond donors (Lipinski definition) is 1. The standard InChI is InChI=1S/C16H16BrCl2N5O2S/c1-3-24-10(2)15(7-20-24)27(25,26)22-16-12(17)9-23(21-16)8-11-4-5-13(18)14(19)6-11/h4-7,9H,3,8H2,1-2H3,(H,21,22). The lowest BCUT2D eigenvalue weighted by molar-refractivity contribution is 0.598. The van der Waals surface area contributed by atoms with Gasteiger partial charge in [0, 0.05) is 12.7 Å². The maximum absolute atomic E-state index is 12.7. The lowest BCUT2D eigenvalue weighted by Crippen LogP contribution is -2.15. The van der Waals surface area contributed by atoms with Crippen LogP contribution in [0.1, 0.15) is 18.2 Å². The number of benzene rings is 1. The first kappa shape index (κ1) is 20.2. The van der Waals surface area contributed by atoms with Crippen molar-refractivity contribution in [1.29, 1.82) is 0 Å². The molecule has 2 heterocycles. The molecule has 0 aliphatic rings. The molecular weight excluding hydrogens is 477 g/mol. The summed E-state index contributed by atoms with van der Waals surface area (Å²) in [6, 6.07) is 5.28. The van der Waals surface area contributed by atoms with Gasteiger partial charge in [-0.05, 0) is 47.5 Å². The van der Waals surface area contributed by atoms with E-state index in [1.54, 1.807) is 34.6 Å². The molecule has 0 aliphatic carbocycles. The minimum atomic E-state index is -3.81. The van der Waals surface area contributed by atoms with Crippen LogP contribution < -0.4 is 4.72 Å². The summed E-state index contributed by atoms with van der Waals surface area (Å²) < 4.78 is 31.6. The fourth-order valence-corrected chi connectivity index (χ4v) is 4.63. The maximum atomic E-state index is 12.7. The molecule has 0 amide bonds. The molecule has 144 valence electrons. The third-order valence-corrected chi connectivity index (χ3v) is 6.69. The van der Waals surface area contributed by atoms with Gasteiger partial charge < -0.3 is 0 Å². The van der Waals surface area contributed by atoms with Crippen molar-refractivity contribution in [2.24, 2.45) is 0 Å². The molecule has 11 heteroatoms. The van der Waals surface area contributed by atoms with Crippen LogP contribution >= 0.6 is 39.1 Å². The number of sulfonamides is 1. The summed E-state index contributed by atoms with van der Waals surface area (Å²) in [5, 5.41) is 9.30. The Hall–Kier alpha value is -1.55. The first-order valence-corrected chi connectivity index (χ1v) is 11.0. The average Bonchev–Trinajstić information content (AvgIpc) is 3.13. The van der Waals surface area contributed by atoms with E-state index in [1.165, 1.54) is 6.20 Å². The van der Waals surface area contributed by atoms with E-state index in [4.69, 9.17) is 23.2 Å². The molecule has 0 saturated heterocycles. The van der Waals surface area contributed by atoms with Gasteiger partial charge in [0.15, 0.2) is 5.82 Å². The highest BCUT2D eigenvalue weighted by atomic mass is 79.9. The van der Waals surface area contributed by atoms with Gasteiger partial charge in [-0.1, -0.05) is 29.3 Å². The zero-order valence-electron chi connectivity index (χ0n) is 14.4. The van der Waals surface area contributed by atoms with Gasteiger partial charge in [0.25, 0.3) is 10.0 Å². The first-order chi connectivity index (χ1) is 12.7. The molecule has 1 aromatic carbocycles. The van der Waals surface area contributed by atoms with Gasteiger partial charge in [0.2, 0.25) is 0 Å². The van der Waals surface area contributed by atoms with Crippen LogP contribution in [0.25, 0.3) is 0 Å². The third kappa shape index (κ3) is 4.31. The summed E-state index contributed by atoms with van der Waals surface area (Å²) in [6.07, 6.45) is 3.02. The van der Waals surface area contributed by atoms with E-state index in [2.05, 4.69) is 30.8 Å².